The molecule has 0 amide bonds. The first kappa shape index (κ1) is 23.5. The Hall–Kier alpha value is -3.70. The van der Waals surface area contributed by atoms with Crippen molar-refractivity contribution >= 4 is 28.5 Å². The molecule has 1 fully saturated rings. The Morgan fingerprint density at radius 3 is 2.59 bits per heavy atom. The number of esters is 1. The Kier molecular flexibility index (Phi) is 6.66. The zero-order valence-corrected chi connectivity index (χ0v) is 19.7. The summed E-state index contributed by atoms with van der Waals surface area (Å²) in [5.74, 6) is 0.161. The van der Waals surface area contributed by atoms with E-state index in [-0.39, 0.29) is 34.6 Å². The highest BCUT2D eigenvalue weighted by Crippen LogP contribution is 2.44. The van der Waals surface area contributed by atoms with Crippen LogP contribution in [-0.4, -0.2) is 44.3 Å². The third-order valence-corrected chi connectivity index (χ3v) is 6.26. The molecule has 176 valence electrons. The van der Waals surface area contributed by atoms with Gasteiger partial charge >= 0.3 is 5.97 Å². The Labute approximate surface area is 201 Å². The summed E-state index contributed by atoms with van der Waals surface area (Å²) in [4.78, 5) is 26.7. The molecule has 0 unspecified atom stereocenters. The molecule has 0 aliphatic carbocycles. The second-order valence-corrected chi connectivity index (χ2v) is 8.35. The number of benzene rings is 2. The molecule has 1 aliphatic heterocycles. The van der Waals surface area contributed by atoms with Gasteiger partial charge in [-0.25, -0.2) is 0 Å². The number of carbonyl (C=O) groups excluding carboxylic acids is 1. The molecule has 34 heavy (non-hydrogen) atoms. The molecule has 3 aromatic rings. The lowest BCUT2D eigenvalue weighted by Gasteiger charge is -2.36. The van der Waals surface area contributed by atoms with E-state index >= 15 is 0 Å². The van der Waals surface area contributed by atoms with Gasteiger partial charge in [-0.2, -0.15) is 5.26 Å². The predicted molar refractivity (Wildman–Crippen MR) is 126 cm³/mol. The lowest BCUT2D eigenvalue weighted by molar-refractivity contribution is -0.149. The highest BCUT2D eigenvalue weighted by atomic mass is 35.5. The van der Waals surface area contributed by atoms with E-state index in [2.05, 4.69) is 6.19 Å². The van der Waals surface area contributed by atoms with Gasteiger partial charge in [0.05, 0.1) is 25.8 Å². The minimum atomic E-state index is -0.648. The number of ether oxygens (including phenoxy) is 3. The minimum Gasteiger partial charge on any atom is -0.496 e. The molecule has 2 atom stereocenters. The predicted octanol–water partition coefficient (Wildman–Crippen LogP) is 4.33. The van der Waals surface area contributed by atoms with Crippen molar-refractivity contribution in [2.45, 2.75) is 25.4 Å². The van der Waals surface area contributed by atoms with Crippen LogP contribution >= 0.6 is 11.6 Å². The van der Waals surface area contributed by atoms with E-state index in [4.69, 9.17) is 30.2 Å². The maximum absolute atomic E-state index is 13.3. The van der Waals surface area contributed by atoms with Crippen molar-refractivity contribution in [3.05, 3.63) is 57.2 Å². The van der Waals surface area contributed by atoms with Crippen LogP contribution < -0.4 is 14.9 Å². The molecule has 4 rings (SSSR count). The van der Waals surface area contributed by atoms with E-state index in [9.17, 15) is 14.9 Å². The molecule has 0 radical (unpaired) electrons. The normalized spacial score (nSPS) is 17.8. The van der Waals surface area contributed by atoms with Crippen LogP contribution in [0.5, 0.6) is 11.5 Å². The fourth-order valence-electron chi connectivity index (χ4n) is 4.44. The van der Waals surface area contributed by atoms with Crippen LogP contribution in [0.15, 0.2) is 45.6 Å². The first-order valence-electron chi connectivity index (χ1n) is 10.7. The number of nitriles is 1. The quantitative estimate of drug-likeness (QED) is 0.391. The van der Waals surface area contributed by atoms with Gasteiger partial charge in [0.2, 0.25) is 0 Å². The van der Waals surface area contributed by atoms with Gasteiger partial charge in [-0.3, -0.25) is 9.59 Å². The third kappa shape index (κ3) is 4.27. The van der Waals surface area contributed by atoms with Crippen molar-refractivity contribution in [1.29, 1.82) is 5.26 Å². The highest BCUT2D eigenvalue weighted by Gasteiger charge is 2.37. The van der Waals surface area contributed by atoms with Gasteiger partial charge in [-0.05, 0) is 18.6 Å². The van der Waals surface area contributed by atoms with Crippen molar-refractivity contribution in [1.82, 2.24) is 4.90 Å². The molecule has 1 saturated heterocycles. The summed E-state index contributed by atoms with van der Waals surface area (Å²) >= 11 is 6.38. The number of fused-ring (bicyclic) bond motifs is 1. The molecule has 1 aliphatic rings. The zero-order valence-electron chi connectivity index (χ0n) is 19.0. The van der Waals surface area contributed by atoms with Gasteiger partial charge in [0.25, 0.3) is 0 Å². The minimum absolute atomic E-state index is 0.214. The Morgan fingerprint density at radius 2 is 1.94 bits per heavy atom. The number of nitrogens with zero attached hydrogens (tertiary/aromatic N) is 2. The topological polar surface area (TPSA) is 102 Å². The highest BCUT2D eigenvalue weighted by molar-refractivity contribution is 6.33. The van der Waals surface area contributed by atoms with Crippen molar-refractivity contribution in [2.24, 2.45) is 0 Å². The molecule has 9 heteroatoms. The standard InChI is InChI=1S/C25H23ClN2O6/c1-14(29)33-22-12-28(13-27)9-8-16(22)23-20(31-2)11-21(32-3)24-18(30)10-19(34-25(23)24)15-6-4-5-7-17(15)26/h4-7,10-11,16,22H,8-9,12H2,1-3H3/t16-,22-/m1/s1. The zero-order chi connectivity index (χ0) is 24.4. The lowest BCUT2D eigenvalue weighted by atomic mass is 9.85. The summed E-state index contributed by atoms with van der Waals surface area (Å²) in [6, 6.07) is 10.1. The smallest absolute Gasteiger partial charge is 0.302 e. The molecular formula is C25H23ClN2O6. The van der Waals surface area contributed by atoms with Crippen LogP contribution in [0.2, 0.25) is 5.02 Å². The Bertz CT molecular complexity index is 1350. The molecule has 0 spiro atoms. The van der Waals surface area contributed by atoms with E-state index in [0.29, 0.717) is 40.6 Å². The molecular weight excluding hydrogens is 460 g/mol. The average Bonchev–Trinajstić information content (AvgIpc) is 2.82. The largest absolute Gasteiger partial charge is 0.496 e. The molecule has 0 N–H and O–H groups in total. The van der Waals surface area contributed by atoms with Crippen molar-refractivity contribution in [3.63, 3.8) is 0 Å². The number of hydrogen-bond acceptors (Lipinski definition) is 8. The van der Waals surface area contributed by atoms with Crippen LogP contribution in [0.25, 0.3) is 22.3 Å². The van der Waals surface area contributed by atoms with Crippen molar-refractivity contribution in [2.75, 3.05) is 27.3 Å². The van der Waals surface area contributed by atoms with Crippen molar-refractivity contribution < 1.29 is 23.4 Å². The number of halogens is 1. The van der Waals surface area contributed by atoms with Crippen LogP contribution in [-0.2, 0) is 9.53 Å². The van der Waals surface area contributed by atoms with Crippen molar-refractivity contribution in [3.8, 4) is 29.0 Å². The van der Waals surface area contributed by atoms with Crippen LogP contribution in [0.4, 0.5) is 0 Å². The number of hydrogen-bond donors (Lipinski definition) is 0. The fraction of sp³-hybridized carbons (Fsp3) is 0.320. The number of rotatable bonds is 5. The first-order chi connectivity index (χ1) is 16.4. The van der Waals surface area contributed by atoms with Crippen LogP contribution in [0.1, 0.15) is 24.8 Å². The van der Waals surface area contributed by atoms with Crippen LogP contribution in [0, 0.1) is 11.5 Å². The Balaban J connectivity index is 2.01. The van der Waals surface area contributed by atoms with Gasteiger partial charge in [-0.15, -0.1) is 0 Å². The SMILES string of the molecule is COc1cc(OC)c2c(=O)cc(-c3ccccc3Cl)oc2c1[C@@H]1CCN(C#N)C[C@H]1OC(C)=O. The number of likely N-dealkylation sites (tertiary alicyclic amines) is 1. The van der Waals surface area contributed by atoms with Gasteiger partial charge in [0.1, 0.15) is 34.3 Å². The second kappa shape index (κ2) is 9.65. The summed E-state index contributed by atoms with van der Waals surface area (Å²) < 4.78 is 23.1. The van der Waals surface area contributed by atoms with Gasteiger partial charge in [-0.1, -0.05) is 23.7 Å². The van der Waals surface area contributed by atoms with Gasteiger partial charge in [0, 0.05) is 42.6 Å². The Morgan fingerprint density at radius 1 is 1.21 bits per heavy atom. The lowest BCUT2D eigenvalue weighted by Crippen LogP contribution is -2.42. The molecule has 0 saturated carbocycles. The molecule has 2 heterocycles. The first-order valence-corrected chi connectivity index (χ1v) is 11.0. The van der Waals surface area contributed by atoms with Gasteiger partial charge < -0.3 is 23.5 Å². The van der Waals surface area contributed by atoms with E-state index in [0.717, 1.165) is 0 Å². The molecule has 2 aromatic carbocycles. The maximum atomic E-state index is 13.3. The monoisotopic (exact) mass is 482 g/mol. The molecule has 8 nitrogen and oxygen atoms in total. The van der Waals surface area contributed by atoms with Crippen LogP contribution in [0.3, 0.4) is 0 Å². The van der Waals surface area contributed by atoms with E-state index in [1.807, 2.05) is 0 Å². The maximum Gasteiger partial charge on any atom is 0.302 e. The fourth-order valence-corrected chi connectivity index (χ4v) is 4.67. The average molecular weight is 483 g/mol. The third-order valence-electron chi connectivity index (χ3n) is 5.93. The number of methoxy groups -OCH3 is 2. The summed E-state index contributed by atoms with van der Waals surface area (Å²) in [5, 5.41) is 10.1. The summed E-state index contributed by atoms with van der Waals surface area (Å²) in [6.45, 7) is 1.98. The van der Waals surface area contributed by atoms with E-state index in [1.165, 1.54) is 32.1 Å². The van der Waals surface area contributed by atoms with E-state index in [1.54, 1.807) is 30.3 Å². The number of piperidine rings is 1. The molecule has 1 aromatic heterocycles. The summed E-state index contributed by atoms with van der Waals surface area (Å²) in [6.07, 6.45) is 1.94. The second-order valence-electron chi connectivity index (χ2n) is 7.94. The molecule has 0 bridgehead atoms. The van der Waals surface area contributed by atoms with Gasteiger partial charge in [0.15, 0.2) is 11.6 Å². The number of carbonyl (C=O) groups is 1. The summed E-state index contributed by atoms with van der Waals surface area (Å²) in [7, 11) is 2.97. The summed E-state index contributed by atoms with van der Waals surface area (Å²) in [5.41, 5.74) is 1.10. The van der Waals surface area contributed by atoms with E-state index < -0.39 is 12.1 Å².